The van der Waals surface area contributed by atoms with Gasteiger partial charge >= 0.3 is 0 Å². The smallest absolute Gasteiger partial charge is 0.238 e. The van der Waals surface area contributed by atoms with Gasteiger partial charge in [0, 0.05) is 12.6 Å². The van der Waals surface area contributed by atoms with Crippen LogP contribution in [0.2, 0.25) is 0 Å². The van der Waals surface area contributed by atoms with E-state index in [4.69, 9.17) is 10.5 Å². The molecule has 5 nitrogen and oxygen atoms in total. The first-order valence-electron chi connectivity index (χ1n) is 6.34. The zero-order chi connectivity index (χ0) is 14.4. The summed E-state index contributed by atoms with van der Waals surface area (Å²) in [6.07, 6.45) is 0. The third kappa shape index (κ3) is 5.18. The number of nitrogens with one attached hydrogen (secondary N) is 1. The van der Waals surface area contributed by atoms with Crippen LogP contribution in [-0.4, -0.2) is 38.1 Å². The van der Waals surface area contributed by atoms with Gasteiger partial charge in [-0.25, -0.2) is 0 Å². The van der Waals surface area contributed by atoms with Gasteiger partial charge in [0.2, 0.25) is 5.91 Å². The lowest BCUT2D eigenvalue weighted by Gasteiger charge is -2.18. The van der Waals surface area contributed by atoms with Gasteiger partial charge in [-0.15, -0.1) is 0 Å². The number of amides is 1. The van der Waals surface area contributed by atoms with Crippen LogP contribution in [0.3, 0.4) is 0 Å². The largest absolute Gasteiger partial charge is 0.497 e. The maximum Gasteiger partial charge on any atom is 0.238 e. The van der Waals surface area contributed by atoms with Crippen LogP contribution in [0.4, 0.5) is 11.4 Å². The molecule has 1 rings (SSSR count). The van der Waals surface area contributed by atoms with Crippen molar-refractivity contribution < 1.29 is 9.53 Å². The molecule has 0 aliphatic rings. The molecule has 0 atom stereocenters. The standard InChI is InChI=1S/C14H23N3O2/c1-10(2)8-17(3)9-14(18)16-13-6-5-11(19-4)7-12(13)15/h5-7,10H,8-9,15H2,1-4H3,(H,16,18). The molecule has 0 radical (unpaired) electrons. The molecule has 0 aromatic heterocycles. The van der Waals surface area contributed by atoms with E-state index in [1.165, 1.54) is 0 Å². The van der Waals surface area contributed by atoms with Gasteiger partial charge in [-0.3, -0.25) is 9.69 Å². The summed E-state index contributed by atoms with van der Waals surface area (Å²) >= 11 is 0. The van der Waals surface area contributed by atoms with Crippen LogP contribution in [0.15, 0.2) is 18.2 Å². The van der Waals surface area contributed by atoms with Crippen molar-refractivity contribution in [3.8, 4) is 5.75 Å². The number of likely N-dealkylation sites (N-methyl/N-ethyl adjacent to an activating group) is 1. The minimum Gasteiger partial charge on any atom is -0.497 e. The van der Waals surface area contributed by atoms with Gasteiger partial charge in [0.05, 0.1) is 25.0 Å². The molecular weight excluding hydrogens is 242 g/mol. The monoisotopic (exact) mass is 265 g/mol. The van der Waals surface area contributed by atoms with Crippen molar-refractivity contribution >= 4 is 17.3 Å². The Morgan fingerprint density at radius 3 is 2.68 bits per heavy atom. The van der Waals surface area contributed by atoms with Gasteiger partial charge < -0.3 is 15.8 Å². The van der Waals surface area contributed by atoms with Crippen LogP contribution in [-0.2, 0) is 4.79 Å². The van der Waals surface area contributed by atoms with E-state index >= 15 is 0 Å². The lowest BCUT2D eigenvalue weighted by atomic mass is 10.2. The molecular formula is C14H23N3O2. The van der Waals surface area contributed by atoms with E-state index < -0.39 is 0 Å². The first kappa shape index (κ1) is 15.3. The second-order valence-corrected chi connectivity index (χ2v) is 5.09. The highest BCUT2D eigenvalue weighted by atomic mass is 16.5. The van der Waals surface area contributed by atoms with Gasteiger partial charge in [-0.2, -0.15) is 0 Å². The molecule has 1 aromatic rings. The Morgan fingerprint density at radius 2 is 2.16 bits per heavy atom. The summed E-state index contributed by atoms with van der Waals surface area (Å²) in [5.41, 5.74) is 6.96. The maximum atomic E-state index is 11.9. The van der Waals surface area contributed by atoms with E-state index in [1.807, 2.05) is 11.9 Å². The summed E-state index contributed by atoms with van der Waals surface area (Å²) in [4.78, 5) is 13.9. The number of carbonyl (C=O) groups is 1. The van der Waals surface area contributed by atoms with Gasteiger partial charge in [0.25, 0.3) is 0 Å². The van der Waals surface area contributed by atoms with Crippen molar-refractivity contribution in [1.29, 1.82) is 0 Å². The quantitative estimate of drug-likeness (QED) is 0.770. The minimum absolute atomic E-state index is 0.0694. The van der Waals surface area contributed by atoms with E-state index in [9.17, 15) is 4.79 Å². The Hall–Kier alpha value is -1.75. The summed E-state index contributed by atoms with van der Waals surface area (Å²) in [6, 6.07) is 5.20. The summed E-state index contributed by atoms with van der Waals surface area (Å²) < 4.78 is 5.06. The average Bonchev–Trinajstić information content (AvgIpc) is 2.30. The predicted octanol–water partition coefficient (Wildman–Crippen LogP) is 1.80. The first-order chi connectivity index (χ1) is 8.92. The number of nitrogens with two attached hydrogens (primary N) is 1. The van der Waals surface area contributed by atoms with Crippen LogP contribution >= 0.6 is 0 Å². The van der Waals surface area contributed by atoms with Crippen molar-refractivity contribution in [1.82, 2.24) is 4.90 Å². The third-order valence-electron chi connectivity index (χ3n) is 2.62. The topological polar surface area (TPSA) is 67.6 Å². The van der Waals surface area contributed by atoms with E-state index in [0.717, 1.165) is 6.54 Å². The first-order valence-corrected chi connectivity index (χ1v) is 6.34. The number of hydrogen-bond donors (Lipinski definition) is 2. The lowest BCUT2D eigenvalue weighted by molar-refractivity contribution is -0.117. The third-order valence-corrected chi connectivity index (χ3v) is 2.62. The molecule has 1 amide bonds. The SMILES string of the molecule is COc1ccc(NC(=O)CN(C)CC(C)C)c(N)c1. The van der Waals surface area contributed by atoms with Crippen LogP contribution < -0.4 is 15.8 Å². The summed E-state index contributed by atoms with van der Waals surface area (Å²) in [5.74, 6) is 1.14. The average molecular weight is 265 g/mol. The summed E-state index contributed by atoms with van der Waals surface area (Å²) in [6.45, 7) is 5.47. The molecule has 0 bridgehead atoms. The number of ether oxygens (including phenoxy) is 1. The Bertz CT molecular complexity index is 433. The molecule has 0 saturated heterocycles. The molecule has 3 N–H and O–H groups in total. The highest BCUT2D eigenvalue weighted by Gasteiger charge is 2.10. The van der Waals surface area contributed by atoms with Gasteiger partial charge in [0.15, 0.2) is 0 Å². The minimum atomic E-state index is -0.0694. The van der Waals surface area contributed by atoms with Crippen molar-refractivity contribution in [2.24, 2.45) is 5.92 Å². The van der Waals surface area contributed by atoms with E-state index in [0.29, 0.717) is 29.6 Å². The number of benzene rings is 1. The fourth-order valence-corrected chi connectivity index (χ4v) is 1.90. The number of nitrogens with zero attached hydrogens (tertiary/aromatic N) is 1. The fraction of sp³-hybridized carbons (Fsp3) is 0.500. The number of rotatable bonds is 6. The molecule has 0 heterocycles. The normalized spacial score (nSPS) is 10.8. The summed E-state index contributed by atoms with van der Waals surface area (Å²) in [5, 5.41) is 2.80. The Balaban J connectivity index is 2.57. The van der Waals surface area contributed by atoms with Crippen molar-refractivity contribution in [3.05, 3.63) is 18.2 Å². The Morgan fingerprint density at radius 1 is 1.47 bits per heavy atom. The second kappa shape index (κ2) is 6.99. The van der Waals surface area contributed by atoms with Crippen molar-refractivity contribution in [2.45, 2.75) is 13.8 Å². The van der Waals surface area contributed by atoms with Crippen LogP contribution in [0.1, 0.15) is 13.8 Å². The summed E-state index contributed by atoms with van der Waals surface area (Å²) in [7, 11) is 3.50. The number of nitrogen functional groups attached to an aromatic ring is 1. The fourth-order valence-electron chi connectivity index (χ4n) is 1.90. The Kier molecular flexibility index (Phi) is 5.63. The van der Waals surface area contributed by atoms with Gasteiger partial charge in [-0.05, 0) is 25.1 Å². The van der Waals surface area contributed by atoms with Gasteiger partial charge in [0.1, 0.15) is 5.75 Å². The molecule has 0 fully saturated rings. The zero-order valence-corrected chi connectivity index (χ0v) is 12.1. The van der Waals surface area contributed by atoms with Crippen molar-refractivity contribution in [3.63, 3.8) is 0 Å². The van der Waals surface area contributed by atoms with Gasteiger partial charge in [-0.1, -0.05) is 13.8 Å². The van der Waals surface area contributed by atoms with E-state index in [2.05, 4.69) is 19.2 Å². The Labute approximate surface area is 114 Å². The van der Waals surface area contributed by atoms with E-state index in [-0.39, 0.29) is 5.91 Å². The number of anilines is 2. The van der Waals surface area contributed by atoms with Crippen LogP contribution in [0.25, 0.3) is 0 Å². The van der Waals surface area contributed by atoms with Crippen LogP contribution in [0.5, 0.6) is 5.75 Å². The number of hydrogen-bond acceptors (Lipinski definition) is 4. The highest BCUT2D eigenvalue weighted by molar-refractivity contribution is 5.95. The molecule has 0 unspecified atom stereocenters. The molecule has 1 aromatic carbocycles. The zero-order valence-electron chi connectivity index (χ0n) is 12.1. The highest BCUT2D eigenvalue weighted by Crippen LogP contribution is 2.23. The molecule has 19 heavy (non-hydrogen) atoms. The molecule has 0 spiro atoms. The van der Waals surface area contributed by atoms with E-state index in [1.54, 1.807) is 25.3 Å². The second-order valence-electron chi connectivity index (χ2n) is 5.09. The molecule has 0 aliphatic carbocycles. The number of carbonyl (C=O) groups excluding carboxylic acids is 1. The van der Waals surface area contributed by atoms with Crippen LogP contribution in [0, 0.1) is 5.92 Å². The lowest BCUT2D eigenvalue weighted by Crippen LogP contribution is -2.32. The molecule has 106 valence electrons. The molecule has 0 saturated carbocycles. The molecule has 0 aliphatic heterocycles. The van der Waals surface area contributed by atoms with Crippen molar-refractivity contribution in [2.75, 3.05) is 38.3 Å². The maximum absolute atomic E-state index is 11.9. The molecule has 5 heteroatoms. The predicted molar refractivity (Wildman–Crippen MR) is 78.4 cm³/mol. The number of methoxy groups -OCH3 is 1.